The van der Waals surface area contributed by atoms with E-state index in [0.29, 0.717) is 24.8 Å². The Kier molecular flexibility index (Phi) is 5.02. The maximum Gasteiger partial charge on any atom is 0.224 e. The molecule has 1 aliphatic rings. The highest BCUT2D eigenvalue weighted by Gasteiger charge is 2.36. The zero-order chi connectivity index (χ0) is 14.6. The molecule has 0 saturated carbocycles. The summed E-state index contributed by atoms with van der Waals surface area (Å²) in [5.74, 6) is -0.202. The van der Waals surface area contributed by atoms with Crippen molar-refractivity contribution in [3.05, 3.63) is 34.9 Å². The molecule has 0 aromatic heterocycles. The van der Waals surface area contributed by atoms with Crippen LogP contribution in [-0.2, 0) is 15.1 Å². The highest BCUT2D eigenvalue weighted by atomic mass is 35.5. The third kappa shape index (κ3) is 3.32. The molecule has 1 atom stereocenters. The fourth-order valence-electron chi connectivity index (χ4n) is 2.44. The van der Waals surface area contributed by atoms with Gasteiger partial charge in [0.15, 0.2) is 0 Å². The fraction of sp³-hybridized carbons (Fsp3) is 0.533. The molecule has 0 spiro atoms. The SMILES string of the molecule is CC(CN)C(=O)NC1(c2ccc(Cl)cc2)CCOCC1. The van der Waals surface area contributed by atoms with E-state index in [2.05, 4.69) is 5.32 Å². The fourth-order valence-corrected chi connectivity index (χ4v) is 2.57. The number of hydrogen-bond acceptors (Lipinski definition) is 3. The van der Waals surface area contributed by atoms with E-state index in [-0.39, 0.29) is 17.4 Å². The lowest BCUT2D eigenvalue weighted by Gasteiger charge is -2.39. The summed E-state index contributed by atoms with van der Waals surface area (Å²) in [6.07, 6.45) is 1.52. The number of nitrogens with one attached hydrogen (secondary N) is 1. The quantitative estimate of drug-likeness (QED) is 0.894. The maximum absolute atomic E-state index is 12.2. The van der Waals surface area contributed by atoms with Gasteiger partial charge in [0.05, 0.1) is 5.54 Å². The van der Waals surface area contributed by atoms with Crippen LogP contribution in [0.5, 0.6) is 0 Å². The lowest BCUT2D eigenvalue weighted by Crippen LogP contribution is -2.51. The Balaban J connectivity index is 2.25. The second-order valence-corrected chi connectivity index (χ2v) is 5.76. The maximum atomic E-state index is 12.2. The molecule has 0 aliphatic carbocycles. The van der Waals surface area contributed by atoms with Crippen LogP contribution in [0.15, 0.2) is 24.3 Å². The van der Waals surface area contributed by atoms with Crippen molar-refractivity contribution < 1.29 is 9.53 Å². The Hall–Kier alpha value is -1.10. The lowest BCUT2D eigenvalue weighted by molar-refractivity contribution is -0.127. The average molecular weight is 297 g/mol. The average Bonchev–Trinajstić information content (AvgIpc) is 2.47. The van der Waals surface area contributed by atoms with Crippen molar-refractivity contribution >= 4 is 17.5 Å². The van der Waals surface area contributed by atoms with E-state index in [0.717, 1.165) is 18.4 Å². The number of carbonyl (C=O) groups excluding carboxylic acids is 1. The largest absolute Gasteiger partial charge is 0.381 e. The van der Waals surface area contributed by atoms with Gasteiger partial charge in [0.1, 0.15) is 0 Å². The monoisotopic (exact) mass is 296 g/mol. The van der Waals surface area contributed by atoms with Crippen molar-refractivity contribution in [2.24, 2.45) is 11.7 Å². The first kappa shape index (κ1) is 15.3. The summed E-state index contributed by atoms with van der Waals surface area (Å²) < 4.78 is 5.44. The second kappa shape index (κ2) is 6.57. The highest BCUT2D eigenvalue weighted by Crippen LogP contribution is 2.33. The minimum absolute atomic E-state index is 0.00986. The van der Waals surface area contributed by atoms with Crippen molar-refractivity contribution in [2.45, 2.75) is 25.3 Å². The molecule has 1 aromatic carbocycles. The Labute approximate surface area is 124 Å². The van der Waals surface area contributed by atoms with Crippen molar-refractivity contribution in [3.8, 4) is 0 Å². The summed E-state index contributed by atoms with van der Waals surface area (Å²) >= 11 is 5.95. The summed E-state index contributed by atoms with van der Waals surface area (Å²) in [6.45, 7) is 3.46. The van der Waals surface area contributed by atoms with Gasteiger partial charge in [-0.15, -0.1) is 0 Å². The van der Waals surface area contributed by atoms with Crippen LogP contribution in [0, 0.1) is 5.92 Å². The van der Waals surface area contributed by atoms with E-state index < -0.39 is 0 Å². The Morgan fingerprint density at radius 2 is 2.00 bits per heavy atom. The number of amides is 1. The van der Waals surface area contributed by atoms with E-state index in [1.165, 1.54) is 0 Å². The van der Waals surface area contributed by atoms with Gasteiger partial charge in [0.2, 0.25) is 5.91 Å². The molecule has 3 N–H and O–H groups in total. The molecule has 1 unspecified atom stereocenters. The van der Waals surface area contributed by atoms with E-state index in [9.17, 15) is 4.79 Å². The van der Waals surface area contributed by atoms with Crippen molar-refractivity contribution in [1.82, 2.24) is 5.32 Å². The molecule has 1 aliphatic heterocycles. The third-order valence-corrected chi connectivity index (χ3v) is 4.16. The van der Waals surface area contributed by atoms with Gasteiger partial charge in [-0.3, -0.25) is 4.79 Å². The molecule has 1 amide bonds. The summed E-state index contributed by atoms with van der Waals surface area (Å²) in [4.78, 5) is 12.2. The van der Waals surface area contributed by atoms with Gasteiger partial charge in [0, 0.05) is 30.7 Å². The van der Waals surface area contributed by atoms with Gasteiger partial charge in [0.25, 0.3) is 0 Å². The molecule has 20 heavy (non-hydrogen) atoms. The number of carbonyl (C=O) groups is 1. The molecule has 110 valence electrons. The van der Waals surface area contributed by atoms with Gasteiger partial charge in [-0.2, -0.15) is 0 Å². The van der Waals surface area contributed by atoms with Gasteiger partial charge in [-0.05, 0) is 30.5 Å². The second-order valence-electron chi connectivity index (χ2n) is 5.33. The Bertz CT molecular complexity index is 455. The van der Waals surface area contributed by atoms with Gasteiger partial charge >= 0.3 is 0 Å². The summed E-state index contributed by atoms with van der Waals surface area (Å²) in [5.41, 5.74) is 6.28. The van der Waals surface area contributed by atoms with Gasteiger partial charge < -0.3 is 15.8 Å². The smallest absolute Gasteiger partial charge is 0.224 e. The number of halogens is 1. The first-order valence-corrected chi connectivity index (χ1v) is 7.31. The van der Waals surface area contributed by atoms with Gasteiger partial charge in [-0.25, -0.2) is 0 Å². The number of ether oxygens (including phenoxy) is 1. The van der Waals surface area contributed by atoms with Crippen molar-refractivity contribution in [1.29, 1.82) is 0 Å². The molecule has 1 saturated heterocycles. The summed E-state index contributed by atoms with van der Waals surface area (Å²) in [5, 5.41) is 3.87. The van der Waals surface area contributed by atoms with E-state index in [1.54, 1.807) is 0 Å². The van der Waals surface area contributed by atoms with Crippen LogP contribution in [0.2, 0.25) is 5.02 Å². The number of benzene rings is 1. The standard InChI is InChI=1S/C15H21ClN2O2/c1-11(10-17)14(19)18-15(6-8-20-9-7-15)12-2-4-13(16)5-3-12/h2-5,11H,6-10,17H2,1H3,(H,18,19). The molecule has 1 heterocycles. The molecule has 0 radical (unpaired) electrons. The molecule has 0 bridgehead atoms. The predicted octanol–water partition coefficient (Wildman–Crippen LogP) is 2.06. The first-order valence-electron chi connectivity index (χ1n) is 6.93. The van der Waals surface area contributed by atoms with Crippen molar-refractivity contribution in [3.63, 3.8) is 0 Å². The van der Waals surface area contributed by atoms with Crippen LogP contribution in [0.25, 0.3) is 0 Å². The zero-order valence-corrected chi connectivity index (χ0v) is 12.5. The van der Waals surface area contributed by atoms with Crippen LogP contribution in [0.1, 0.15) is 25.3 Å². The molecule has 2 rings (SSSR count). The lowest BCUT2D eigenvalue weighted by atomic mass is 9.82. The number of rotatable bonds is 4. The Morgan fingerprint density at radius 1 is 1.40 bits per heavy atom. The van der Waals surface area contributed by atoms with Crippen LogP contribution in [0.3, 0.4) is 0 Å². The molecule has 1 aromatic rings. The summed E-state index contributed by atoms with van der Waals surface area (Å²) in [7, 11) is 0. The predicted molar refractivity (Wildman–Crippen MR) is 79.5 cm³/mol. The van der Waals surface area contributed by atoms with Crippen LogP contribution in [0.4, 0.5) is 0 Å². The van der Waals surface area contributed by atoms with Crippen molar-refractivity contribution in [2.75, 3.05) is 19.8 Å². The molecule has 5 heteroatoms. The first-order chi connectivity index (χ1) is 9.57. The number of nitrogens with two attached hydrogens (primary N) is 1. The molecular formula is C15H21ClN2O2. The molecule has 4 nitrogen and oxygen atoms in total. The number of hydrogen-bond donors (Lipinski definition) is 2. The van der Waals surface area contributed by atoms with E-state index >= 15 is 0 Å². The van der Waals surface area contributed by atoms with E-state index in [4.69, 9.17) is 22.1 Å². The molecular weight excluding hydrogens is 276 g/mol. The normalized spacial score (nSPS) is 19.4. The topological polar surface area (TPSA) is 64.4 Å². The Morgan fingerprint density at radius 3 is 2.55 bits per heavy atom. The van der Waals surface area contributed by atoms with Gasteiger partial charge in [-0.1, -0.05) is 30.7 Å². The minimum atomic E-state index is -0.372. The summed E-state index contributed by atoms with van der Waals surface area (Å²) in [6, 6.07) is 7.65. The van der Waals surface area contributed by atoms with Crippen LogP contribution < -0.4 is 11.1 Å². The van der Waals surface area contributed by atoms with Crippen LogP contribution in [-0.4, -0.2) is 25.7 Å². The minimum Gasteiger partial charge on any atom is -0.381 e. The van der Waals surface area contributed by atoms with Crippen LogP contribution >= 0.6 is 11.6 Å². The molecule has 1 fully saturated rings. The zero-order valence-electron chi connectivity index (χ0n) is 11.7. The van der Waals surface area contributed by atoms with E-state index in [1.807, 2.05) is 31.2 Å². The highest BCUT2D eigenvalue weighted by molar-refractivity contribution is 6.30. The third-order valence-electron chi connectivity index (χ3n) is 3.91.